The molecular weight excluding hydrogens is 342 g/mol. The maximum Gasteiger partial charge on any atom is 0.227 e. The molecule has 4 aromatic rings. The fourth-order valence-electron chi connectivity index (χ4n) is 3.05. The van der Waals surface area contributed by atoms with E-state index in [-0.39, 0.29) is 11.9 Å². The number of fused-ring (bicyclic) bond motifs is 2. The first-order chi connectivity index (χ1) is 12.6. The van der Waals surface area contributed by atoms with Gasteiger partial charge in [0.1, 0.15) is 5.01 Å². The van der Waals surface area contributed by atoms with Crippen LogP contribution >= 0.6 is 11.3 Å². The van der Waals surface area contributed by atoms with Crippen LogP contribution in [0, 0.1) is 0 Å². The molecule has 0 aliphatic rings. The summed E-state index contributed by atoms with van der Waals surface area (Å²) in [6.45, 7) is 2.02. The van der Waals surface area contributed by atoms with Gasteiger partial charge in [0.25, 0.3) is 0 Å². The van der Waals surface area contributed by atoms with E-state index in [1.807, 2.05) is 62.5 Å². The van der Waals surface area contributed by atoms with E-state index >= 15 is 0 Å². The van der Waals surface area contributed by atoms with E-state index in [1.165, 1.54) is 0 Å². The molecule has 26 heavy (non-hydrogen) atoms. The second-order valence-electron chi connectivity index (χ2n) is 6.37. The molecule has 0 spiro atoms. The molecular formula is C21H19N3OS. The second kappa shape index (κ2) is 6.84. The van der Waals surface area contributed by atoms with Gasteiger partial charge in [0.05, 0.1) is 28.2 Å². The highest BCUT2D eigenvalue weighted by Gasteiger charge is 2.21. The zero-order chi connectivity index (χ0) is 18.1. The van der Waals surface area contributed by atoms with Crippen molar-refractivity contribution in [1.82, 2.24) is 14.9 Å². The summed E-state index contributed by atoms with van der Waals surface area (Å²) in [5.41, 5.74) is 2.83. The standard InChI is InChI=1S/C21H19N3OS/c1-14(21-23-17-10-3-4-11-18(17)26-21)24(2)19(25)13-16-8-5-7-15-9-6-12-22-20(15)16/h3-12,14H,13H2,1-2H3. The Morgan fingerprint density at radius 1 is 1.12 bits per heavy atom. The van der Waals surface area contributed by atoms with Crippen LogP contribution < -0.4 is 0 Å². The van der Waals surface area contributed by atoms with Crippen LogP contribution in [-0.2, 0) is 11.2 Å². The van der Waals surface area contributed by atoms with Gasteiger partial charge in [0, 0.05) is 18.6 Å². The minimum Gasteiger partial charge on any atom is -0.336 e. The van der Waals surface area contributed by atoms with Crippen LogP contribution in [0.5, 0.6) is 0 Å². The molecule has 5 heteroatoms. The van der Waals surface area contributed by atoms with Gasteiger partial charge >= 0.3 is 0 Å². The molecule has 0 N–H and O–H groups in total. The molecule has 2 heterocycles. The van der Waals surface area contributed by atoms with Crippen LogP contribution in [0.15, 0.2) is 60.8 Å². The smallest absolute Gasteiger partial charge is 0.227 e. The van der Waals surface area contributed by atoms with Gasteiger partial charge in [0.15, 0.2) is 0 Å². The number of carbonyl (C=O) groups is 1. The predicted molar refractivity (Wildman–Crippen MR) is 106 cm³/mol. The van der Waals surface area contributed by atoms with Crippen LogP contribution in [0.25, 0.3) is 21.1 Å². The van der Waals surface area contributed by atoms with Crippen LogP contribution in [0.4, 0.5) is 0 Å². The summed E-state index contributed by atoms with van der Waals surface area (Å²) in [5.74, 6) is 0.0647. The number of hydrogen-bond acceptors (Lipinski definition) is 4. The van der Waals surface area contributed by atoms with Crippen molar-refractivity contribution in [3.05, 3.63) is 71.4 Å². The van der Waals surface area contributed by atoms with Gasteiger partial charge in [-0.05, 0) is 30.7 Å². The van der Waals surface area contributed by atoms with Crippen LogP contribution in [0.2, 0.25) is 0 Å². The summed E-state index contributed by atoms with van der Waals surface area (Å²) in [5, 5.41) is 2.01. The Labute approximate surface area is 156 Å². The van der Waals surface area contributed by atoms with Crippen molar-refractivity contribution in [3.63, 3.8) is 0 Å². The molecule has 1 unspecified atom stereocenters. The molecule has 0 saturated carbocycles. The molecule has 0 aliphatic heterocycles. The van der Waals surface area contributed by atoms with Gasteiger partial charge < -0.3 is 4.90 Å². The fourth-order valence-corrected chi connectivity index (χ4v) is 4.11. The lowest BCUT2D eigenvalue weighted by Gasteiger charge is -2.23. The molecule has 2 aromatic carbocycles. The van der Waals surface area contributed by atoms with Gasteiger partial charge in [0.2, 0.25) is 5.91 Å². The number of carbonyl (C=O) groups excluding carboxylic acids is 1. The highest BCUT2D eigenvalue weighted by atomic mass is 32.1. The Morgan fingerprint density at radius 3 is 2.77 bits per heavy atom. The second-order valence-corrected chi connectivity index (χ2v) is 7.43. The van der Waals surface area contributed by atoms with Gasteiger partial charge in [-0.25, -0.2) is 4.98 Å². The predicted octanol–water partition coefficient (Wildman–Crippen LogP) is 4.61. The average Bonchev–Trinajstić information content (AvgIpc) is 3.11. The van der Waals surface area contributed by atoms with Crippen LogP contribution in [0.1, 0.15) is 23.5 Å². The lowest BCUT2D eigenvalue weighted by atomic mass is 10.1. The summed E-state index contributed by atoms with van der Waals surface area (Å²) < 4.78 is 1.15. The zero-order valence-corrected chi connectivity index (χ0v) is 15.5. The monoisotopic (exact) mass is 361 g/mol. The van der Waals surface area contributed by atoms with Gasteiger partial charge in [-0.3, -0.25) is 9.78 Å². The van der Waals surface area contributed by atoms with Crippen molar-refractivity contribution in [2.75, 3.05) is 7.05 Å². The van der Waals surface area contributed by atoms with Crippen molar-refractivity contribution in [3.8, 4) is 0 Å². The number of rotatable bonds is 4. The number of aromatic nitrogens is 2. The van der Waals surface area contributed by atoms with Crippen molar-refractivity contribution < 1.29 is 4.79 Å². The molecule has 2 aromatic heterocycles. The average molecular weight is 361 g/mol. The van der Waals surface area contributed by atoms with Crippen molar-refractivity contribution >= 4 is 38.4 Å². The minimum atomic E-state index is -0.0668. The largest absolute Gasteiger partial charge is 0.336 e. The third kappa shape index (κ3) is 3.06. The topological polar surface area (TPSA) is 46.1 Å². The molecule has 4 nitrogen and oxygen atoms in total. The van der Waals surface area contributed by atoms with Crippen LogP contribution in [0.3, 0.4) is 0 Å². The van der Waals surface area contributed by atoms with E-state index in [0.717, 1.165) is 31.7 Å². The number of thiazole rings is 1. The van der Waals surface area contributed by atoms with E-state index in [9.17, 15) is 4.79 Å². The van der Waals surface area contributed by atoms with Crippen molar-refractivity contribution in [2.24, 2.45) is 0 Å². The first-order valence-electron chi connectivity index (χ1n) is 8.57. The lowest BCUT2D eigenvalue weighted by molar-refractivity contribution is -0.131. The molecule has 130 valence electrons. The minimum absolute atomic E-state index is 0.0647. The number of hydrogen-bond donors (Lipinski definition) is 0. The summed E-state index contributed by atoms with van der Waals surface area (Å²) >= 11 is 1.64. The number of benzene rings is 2. The van der Waals surface area contributed by atoms with Gasteiger partial charge in [-0.15, -0.1) is 11.3 Å². The number of amides is 1. The fraction of sp³-hybridized carbons (Fsp3) is 0.190. The van der Waals surface area contributed by atoms with Crippen molar-refractivity contribution in [1.29, 1.82) is 0 Å². The SMILES string of the molecule is CC(c1nc2ccccc2s1)N(C)C(=O)Cc1cccc2cccnc12. The molecule has 0 fully saturated rings. The maximum absolute atomic E-state index is 12.9. The lowest BCUT2D eigenvalue weighted by Crippen LogP contribution is -2.31. The third-order valence-corrected chi connectivity index (χ3v) is 5.91. The first-order valence-corrected chi connectivity index (χ1v) is 9.39. The number of pyridine rings is 1. The quantitative estimate of drug-likeness (QED) is 0.533. The van der Waals surface area contributed by atoms with E-state index in [2.05, 4.69) is 16.0 Å². The van der Waals surface area contributed by atoms with E-state index in [0.29, 0.717) is 6.42 Å². The molecule has 0 aliphatic carbocycles. The number of nitrogens with zero attached hydrogens (tertiary/aromatic N) is 3. The molecule has 0 saturated heterocycles. The van der Waals surface area contributed by atoms with Crippen LogP contribution in [-0.4, -0.2) is 27.8 Å². The summed E-state index contributed by atoms with van der Waals surface area (Å²) in [4.78, 5) is 23.8. The highest BCUT2D eigenvalue weighted by molar-refractivity contribution is 7.18. The Bertz CT molecular complexity index is 1050. The van der Waals surface area contributed by atoms with E-state index in [1.54, 1.807) is 22.4 Å². The zero-order valence-electron chi connectivity index (χ0n) is 14.7. The summed E-state index contributed by atoms with van der Waals surface area (Å²) in [6.07, 6.45) is 2.10. The molecule has 0 bridgehead atoms. The highest BCUT2D eigenvalue weighted by Crippen LogP contribution is 2.29. The Kier molecular flexibility index (Phi) is 4.39. The van der Waals surface area contributed by atoms with Gasteiger partial charge in [-0.2, -0.15) is 0 Å². The van der Waals surface area contributed by atoms with Crippen molar-refractivity contribution in [2.45, 2.75) is 19.4 Å². The Balaban J connectivity index is 1.57. The number of likely N-dealkylation sites (N-methyl/N-ethyl adjacent to an activating group) is 1. The summed E-state index contributed by atoms with van der Waals surface area (Å²) in [6, 6.07) is 17.9. The number of para-hydroxylation sites is 2. The Morgan fingerprint density at radius 2 is 1.92 bits per heavy atom. The maximum atomic E-state index is 12.9. The first kappa shape index (κ1) is 16.7. The normalized spacial score (nSPS) is 12.4. The van der Waals surface area contributed by atoms with E-state index in [4.69, 9.17) is 0 Å². The molecule has 4 rings (SSSR count). The molecule has 0 radical (unpaired) electrons. The van der Waals surface area contributed by atoms with Gasteiger partial charge in [-0.1, -0.05) is 36.4 Å². The molecule has 1 atom stereocenters. The van der Waals surface area contributed by atoms with E-state index < -0.39 is 0 Å². The Hall–Kier alpha value is -2.79. The summed E-state index contributed by atoms with van der Waals surface area (Å²) in [7, 11) is 1.84. The third-order valence-electron chi connectivity index (χ3n) is 4.70. The molecule has 1 amide bonds.